The van der Waals surface area contributed by atoms with Crippen molar-refractivity contribution in [2.75, 3.05) is 13.2 Å². The Labute approximate surface area is 135 Å². The van der Waals surface area contributed by atoms with Gasteiger partial charge in [-0.05, 0) is 17.7 Å². The monoisotopic (exact) mass is 337 g/mol. The second kappa shape index (κ2) is 6.28. The Morgan fingerprint density at radius 2 is 1.86 bits per heavy atom. The fourth-order valence-electron chi connectivity index (χ4n) is 2.50. The fraction of sp³-hybridized carbons (Fsp3) is 0.250. The van der Waals surface area contributed by atoms with E-state index in [4.69, 9.17) is 16.3 Å². The lowest BCUT2D eigenvalue weighted by atomic mass is 10.0. The summed E-state index contributed by atoms with van der Waals surface area (Å²) in [4.78, 5) is 0. The minimum absolute atomic E-state index is 0.0391. The summed E-state index contributed by atoms with van der Waals surface area (Å²) in [6.45, 7) is 0.817. The third-order valence-electron chi connectivity index (χ3n) is 3.65. The molecule has 1 N–H and O–H groups in total. The van der Waals surface area contributed by atoms with Crippen LogP contribution in [0.1, 0.15) is 17.0 Å². The van der Waals surface area contributed by atoms with Gasteiger partial charge in [0.05, 0.1) is 12.4 Å². The number of para-hydroxylation sites is 1. The van der Waals surface area contributed by atoms with Gasteiger partial charge in [-0.1, -0.05) is 48.0 Å². The number of fused-ring (bicyclic) bond motifs is 1. The zero-order valence-corrected chi connectivity index (χ0v) is 13.4. The number of benzene rings is 2. The zero-order valence-electron chi connectivity index (χ0n) is 11.8. The van der Waals surface area contributed by atoms with Crippen molar-refractivity contribution in [3.63, 3.8) is 0 Å². The second-order valence-electron chi connectivity index (χ2n) is 5.24. The van der Waals surface area contributed by atoms with Crippen LogP contribution in [0.3, 0.4) is 0 Å². The molecule has 0 spiro atoms. The SMILES string of the molecule is O=S(=O)(Cc1ccccc1Cl)NCC1COc2ccccc21. The summed E-state index contributed by atoms with van der Waals surface area (Å²) in [5.41, 5.74) is 1.64. The third kappa shape index (κ3) is 3.43. The summed E-state index contributed by atoms with van der Waals surface area (Å²) in [5.74, 6) is 0.747. The van der Waals surface area contributed by atoms with Crippen molar-refractivity contribution in [2.24, 2.45) is 0 Å². The Morgan fingerprint density at radius 1 is 1.14 bits per heavy atom. The van der Waals surface area contributed by atoms with E-state index in [0.717, 1.165) is 11.3 Å². The van der Waals surface area contributed by atoms with Crippen molar-refractivity contribution < 1.29 is 13.2 Å². The Balaban J connectivity index is 1.65. The molecule has 0 aromatic heterocycles. The van der Waals surface area contributed by atoms with Gasteiger partial charge in [-0.25, -0.2) is 13.1 Å². The first-order chi connectivity index (χ1) is 10.6. The lowest BCUT2D eigenvalue weighted by Gasteiger charge is -2.12. The van der Waals surface area contributed by atoms with E-state index in [1.165, 1.54) is 0 Å². The molecule has 0 aliphatic carbocycles. The number of sulfonamides is 1. The van der Waals surface area contributed by atoms with Crippen molar-refractivity contribution in [2.45, 2.75) is 11.7 Å². The van der Waals surface area contributed by atoms with Crippen LogP contribution in [0.15, 0.2) is 48.5 Å². The minimum atomic E-state index is -3.44. The highest BCUT2D eigenvalue weighted by Gasteiger charge is 2.25. The molecule has 2 aromatic rings. The second-order valence-corrected chi connectivity index (χ2v) is 7.46. The van der Waals surface area contributed by atoms with Crippen molar-refractivity contribution in [3.8, 4) is 5.75 Å². The molecular weight excluding hydrogens is 322 g/mol. The van der Waals surface area contributed by atoms with Crippen molar-refractivity contribution in [1.29, 1.82) is 0 Å². The average molecular weight is 338 g/mol. The Hall–Kier alpha value is -1.56. The highest BCUT2D eigenvalue weighted by atomic mass is 35.5. The van der Waals surface area contributed by atoms with Crippen LogP contribution in [-0.2, 0) is 15.8 Å². The van der Waals surface area contributed by atoms with E-state index in [1.54, 1.807) is 24.3 Å². The van der Waals surface area contributed by atoms with Gasteiger partial charge < -0.3 is 4.74 Å². The largest absolute Gasteiger partial charge is 0.493 e. The van der Waals surface area contributed by atoms with Crippen molar-refractivity contribution in [1.82, 2.24) is 4.72 Å². The normalized spacial score (nSPS) is 17.0. The lowest BCUT2D eigenvalue weighted by Crippen LogP contribution is -2.30. The number of ether oxygens (including phenoxy) is 1. The van der Waals surface area contributed by atoms with E-state index < -0.39 is 10.0 Å². The summed E-state index contributed by atoms with van der Waals surface area (Å²) in [5, 5.41) is 0.461. The van der Waals surface area contributed by atoms with Gasteiger partial charge in [0.25, 0.3) is 0 Å². The first kappa shape index (κ1) is 15.3. The number of nitrogens with one attached hydrogen (secondary N) is 1. The molecule has 2 aromatic carbocycles. The van der Waals surface area contributed by atoms with Crippen LogP contribution in [-0.4, -0.2) is 21.6 Å². The molecule has 0 fully saturated rings. The van der Waals surface area contributed by atoms with E-state index >= 15 is 0 Å². The molecule has 1 heterocycles. The predicted octanol–water partition coefficient (Wildman–Crippen LogP) is 2.94. The maximum atomic E-state index is 12.2. The summed E-state index contributed by atoms with van der Waals surface area (Å²) in [7, 11) is -3.44. The topological polar surface area (TPSA) is 55.4 Å². The molecule has 0 radical (unpaired) electrons. The summed E-state index contributed by atoms with van der Waals surface area (Å²) >= 11 is 6.01. The summed E-state index contributed by atoms with van der Waals surface area (Å²) < 4.78 is 32.6. The molecule has 1 atom stereocenters. The quantitative estimate of drug-likeness (QED) is 0.912. The number of hydrogen-bond donors (Lipinski definition) is 1. The van der Waals surface area contributed by atoms with E-state index in [1.807, 2.05) is 24.3 Å². The molecule has 4 nitrogen and oxygen atoms in total. The third-order valence-corrected chi connectivity index (χ3v) is 5.32. The van der Waals surface area contributed by atoms with Crippen LogP contribution in [0.5, 0.6) is 5.75 Å². The van der Waals surface area contributed by atoms with Crippen LogP contribution in [0.2, 0.25) is 5.02 Å². The van der Waals surface area contributed by atoms with Gasteiger partial charge in [-0.2, -0.15) is 0 Å². The smallest absolute Gasteiger partial charge is 0.215 e. The molecule has 0 saturated heterocycles. The van der Waals surface area contributed by atoms with Crippen LogP contribution in [0.4, 0.5) is 0 Å². The molecule has 0 amide bonds. The van der Waals surface area contributed by atoms with Gasteiger partial charge in [-0.15, -0.1) is 0 Å². The molecule has 3 rings (SSSR count). The molecule has 22 heavy (non-hydrogen) atoms. The van der Waals surface area contributed by atoms with Crippen LogP contribution < -0.4 is 9.46 Å². The highest BCUT2D eigenvalue weighted by molar-refractivity contribution is 7.88. The molecule has 0 bridgehead atoms. The van der Waals surface area contributed by atoms with Gasteiger partial charge in [0.2, 0.25) is 10.0 Å². The number of hydrogen-bond acceptors (Lipinski definition) is 3. The van der Waals surface area contributed by atoms with Crippen molar-refractivity contribution in [3.05, 3.63) is 64.7 Å². The van der Waals surface area contributed by atoms with E-state index in [0.29, 0.717) is 23.7 Å². The van der Waals surface area contributed by atoms with Gasteiger partial charge >= 0.3 is 0 Å². The maximum absolute atomic E-state index is 12.2. The van der Waals surface area contributed by atoms with Gasteiger partial charge in [0.1, 0.15) is 5.75 Å². The van der Waals surface area contributed by atoms with Crippen molar-refractivity contribution >= 4 is 21.6 Å². The molecular formula is C16H16ClNO3S. The predicted molar refractivity (Wildman–Crippen MR) is 86.8 cm³/mol. The highest BCUT2D eigenvalue weighted by Crippen LogP contribution is 2.33. The Morgan fingerprint density at radius 3 is 2.68 bits per heavy atom. The molecule has 1 unspecified atom stereocenters. The minimum Gasteiger partial charge on any atom is -0.493 e. The van der Waals surface area contributed by atoms with E-state index in [-0.39, 0.29) is 11.7 Å². The number of halogens is 1. The summed E-state index contributed by atoms with van der Waals surface area (Å²) in [6.07, 6.45) is 0. The van der Waals surface area contributed by atoms with E-state index in [9.17, 15) is 8.42 Å². The Kier molecular flexibility index (Phi) is 4.38. The van der Waals surface area contributed by atoms with Crippen LogP contribution >= 0.6 is 11.6 Å². The van der Waals surface area contributed by atoms with Crippen LogP contribution in [0.25, 0.3) is 0 Å². The molecule has 116 valence electrons. The molecule has 1 aliphatic rings. The fourth-order valence-corrected chi connectivity index (χ4v) is 4.00. The van der Waals surface area contributed by atoms with E-state index in [2.05, 4.69) is 4.72 Å². The molecule has 6 heteroatoms. The standard InChI is InChI=1S/C16H16ClNO3S/c17-15-7-3-1-5-12(15)11-22(19,20)18-9-13-10-21-16-8-4-2-6-14(13)16/h1-8,13,18H,9-11H2. The summed E-state index contributed by atoms with van der Waals surface area (Å²) in [6, 6.07) is 14.7. The maximum Gasteiger partial charge on any atom is 0.215 e. The van der Waals surface area contributed by atoms with Gasteiger partial charge in [0, 0.05) is 23.0 Å². The average Bonchev–Trinajstić information content (AvgIpc) is 2.91. The van der Waals surface area contributed by atoms with Gasteiger partial charge in [-0.3, -0.25) is 0 Å². The van der Waals surface area contributed by atoms with Gasteiger partial charge in [0.15, 0.2) is 0 Å². The van der Waals surface area contributed by atoms with Crippen LogP contribution in [0, 0.1) is 0 Å². The lowest BCUT2D eigenvalue weighted by molar-refractivity contribution is 0.330. The molecule has 0 saturated carbocycles. The molecule has 1 aliphatic heterocycles. The Bertz CT molecular complexity index is 776. The zero-order chi connectivity index (χ0) is 15.6. The first-order valence-electron chi connectivity index (χ1n) is 6.97. The first-order valence-corrected chi connectivity index (χ1v) is 9.01. The number of rotatable bonds is 5.